The van der Waals surface area contributed by atoms with Crippen LogP contribution in [-0.2, 0) is 15.1 Å². The van der Waals surface area contributed by atoms with Gasteiger partial charge in [0.15, 0.2) is 5.54 Å². The van der Waals surface area contributed by atoms with Crippen LogP contribution in [0.4, 0.5) is 19.3 Å². The lowest BCUT2D eigenvalue weighted by Crippen LogP contribution is -2.41. The molecule has 2 aromatic carbocycles. The van der Waals surface area contributed by atoms with Crippen LogP contribution in [0, 0.1) is 0 Å². The molecule has 1 atom stereocenters. The van der Waals surface area contributed by atoms with Gasteiger partial charge >= 0.3 is 6.03 Å². The standard InChI is InChI=1S/C21H17F2N3O4S/c1-21(16-10-12-6-2-4-8-14(12)30-16)18(28)26(20(29)25-21)11-17(27)24-13-7-3-5-9-15(13)31-19(22)23/h2-10,19H,11H2,1H3,(H,24,27)(H,25,29). The number of anilines is 1. The lowest BCUT2D eigenvalue weighted by atomic mass is 9.99. The van der Waals surface area contributed by atoms with Crippen molar-refractivity contribution in [1.82, 2.24) is 10.2 Å². The predicted molar refractivity (Wildman–Crippen MR) is 111 cm³/mol. The van der Waals surface area contributed by atoms with Gasteiger partial charge in [0.1, 0.15) is 17.9 Å². The van der Waals surface area contributed by atoms with Gasteiger partial charge in [0.2, 0.25) is 5.91 Å². The summed E-state index contributed by atoms with van der Waals surface area (Å²) in [5.74, 6) is -3.76. The Bertz CT molecular complexity index is 1150. The van der Waals surface area contributed by atoms with Crippen LogP contribution < -0.4 is 10.6 Å². The summed E-state index contributed by atoms with van der Waals surface area (Å²) >= 11 is 0.290. The molecule has 0 spiro atoms. The molecule has 1 aliphatic heterocycles. The molecule has 3 aromatic rings. The molecule has 1 unspecified atom stereocenters. The summed E-state index contributed by atoms with van der Waals surface area (Å²) in [6.45, 7) is 0.922. The molecule has 7 nitrogen and oxygen atoms in total. The third kappa shape index (κ3) is 3.98. The van der Waals surface area contributed by atoms with Crippen molar-refractivity contribution in [2.45, 2.75) is 23.1 Å². The number of hydrogen-bond acceptors (Lipinski definition) is 5. The monoisotopic (exact) mass is 445 g/mol. The number of imide groups is 1. The highest BCUT2D eigenvalue weighted by molar-refractivity contribution is 7.99. The lowest BCUT2D eigenvalue weighted by molar-refractivity contribution is -0.134. The van der Waals surface area contributed by atoms with E-state index in [1.54, 1.807) is 30.3 Å². The lowest BCUT2D eigenvalue weighted by Gasteiger charge is -2.19. The van der Waals surface area contributed by atoms with Crippen molar-refractivity contribution in [3.63, 3.8) is 0 Å². The van der Waals surface area contributed by atoms with E-state index in [1.807, 2.05) is 12.1 Å². The predicted octanol–water partition coefficient (Wildman–Crippen LogP) is 4.15. The third-order valence-electron chi connectivity index (χ3n) is 4.87. The second-order valence-electron chi connectivity index (χ2n) is 7.02. The number of fused-ring (bicyclic) bond motifs is 1. The number of rotatable bonds is 6. The zero-order valence-corrected chi connectivity index (χ0v) is 17.0. The number of benzene rings is 2. The van der Waals surface area contributed by atoms with Gasteiger partial charge in [-0.15, -0.1) is 0 Å². The Morgan fingerprint density at radius 2 is 1.90 bits per heavy atom. The van der Waals surface area contributed by atoms with E-state index in [0.717, 1.165) is 10.3 Å². The molecule has 1 aliphatic rings. The topological polar surface area (TPSA) is 91.7 Å². The Labute approximate surface area is 179 Å². The molecule has 2 heterocycles. The molecule has 2 N–H and O–H groups in total. The van der Waals surface area contributed by atoms with Gasteiger partial charge in [-0.25, -0.2) is 4.79 Å². The van der Waals surface area contributed by atoms with Crippen LogP contribution in [0.25, 0.3) is 11.0 Å². The molecular formula is C21H17F2N3O4S. The number of nitrogens with zero attached hydrogens (tertiary/aromatic N) is 1. The van der Waals surface area contributed by atoms with Crippen LogP contribution in [0.15, 0.2) is 63.9 Å². The number of thioether (sulfide) groups is 1. The number of carbonyl (C=O) groups excluding carboxylic acids is 3. The van der Waals surface area contributed by atoms with Crippen molar-refractivity contribution in [3.05, 3.63) is 60.4 Å². The fourth-order valence-corrected chi connectivity index (χ4v) is 3.93. The third-order valence-corrected chi connectivity index (χ3v) is 5.66. The highest BCUT2D eigenvalue weighted by Crippen LogP contribution is 2.34. The molecule has 10 heteroatoms. The van der Waals surface area contributed by atoms with Gasteiger partial charge in [-0.1, -0.05) is 42.1 Å². The number of nitrogens with one attached hydrogen (secondary N) is 2. The Morgan fingerprint density at radius 3 is 2.65 bits per heavy atom. The van der Waals surface area contributed by atoms with E-state index >= 15 is 0 Å². The van der Waals surface area contributed by atoms with Gasteiger partial charge in [0.05, 0.1) is 5.69 Å². The Morgan fingerprint density at radius 1 is 1.19 bits per heavy atom. The maximum atomic E-state index is 13.0. The highest BCUT2D eigenvalue weighted by Gasteiger charge is 2.51. The van der Waals surface area contributed by atoms with Crippen molar-refractivity contribution in [2.24, 2.45) is 0 Å². The molecule has 160 valence electrons. The maximum absolute atomic E-state index is 13.0. The van der Waals surface area contributed by atoms with Gasteiger partial charge in [0.25, 0.3) is 11.7 Å². The summed E-state index contributed by atoms with van der Waals surface area (Å²) in [7, 11) is 0. The first-order valence-electron chi connectivity index (χ1n) is 9.25. The maximum Gasteiger partial charge on any atom is 0.325 e. The van der Waals surface area contributed by atoms with Crippen molar-refractivity contribution >= 4 is 46.3 Å². The smallest absolute Gasteiger partial charge is 0.325 e. The van der Waals surface area contributed by atoms with Crippen LogP contribution in [0.5, 0.6) is 0 Å². The molecule has 0 radical (unpaired) electrons. The molecule has 4 rings (SSSR count). The molecule has 31 heavy (non-hydrogen) atoms. The fourth-order valence-electron chi connectivity index (χ4n) is 3.34. The minimum absolute atomic E-state index is 0.171. The zero-order valence-electron chi connectivity index (χ0n) is 16.2. The van der Waals surface area contributed by atoms with Crippen molar-refractivity contribution in [2.75, 3.05) is 11.9 Å². The number of carbonyl (C=O) groups is 3. The van der Waals surface area contributed by atoms with Crippen LogP contribution >= 0.6 is 11.8 Å². The number of urea groups is 1. The van der Waals surface area contributed by atoms with Gasteiger partial charge < -0.3 is 15.1 Å². The first-order chi connectivity index (χ1) is 14.8. The van der Waals surface area contributed by atoms with Gasteiger partial charge in [-0.2, -0.15) is 8.78 Å². The van der Waals surface area contributed by atoms with Crippen molar-refractivity contribution < 1.29 is 27.6 Å². The quantitative estimate of drug-likeness (QED) is 0.439. The van der Waals surface area contributed by atoms with Gasteiger partial charge in [-0.3, -0.25) is 14.5 Å². The summed E-state index contributed by atoms with van der Waals surface area (Å²) in [5.41, 5.74) is -0.741. The van der Waals surface area contributed by atoms with E-state index < -0.39 is 35.7 Å². The van der Waals surface area contributed by atoms with Crippen LogP contribution in [-0.4, -0.2) is 35.0 Å². The van der Waals surface area contributed by atoms with E-state index in [1.165, 1.54) is 19.1 Å². The number of para-hydroxylation sites is 2. The number of furan rings is 1. The Balaban J connectivity index is 1.51. The minimum atomic E-state index is -2.66. The molecule has 0 saturated carbocycles. The summed E-state index contributed by atoms with van der Waals surface area (Å²) in [6, 6.07) is 14.1. The summed E-state index contributed by atoms with van der Waals surface area (Å²) in [6.07, 6.45) is 0. The number of alkyl halides is 2. The second kappa shape index (κ2) is 8.03. The number of amides is 4. The van der Waals surface area contributed by atoms with E-state index in [-0.39, 0.29) is 28.1 Å². The van der Waals surface area contributed by atoms with Crippen LogP contribution in [0.3, 0.4) is 0 Å². The number of halogens is 2. The second-order valence-corrected chi connectivity index (χ2v) is 8.05. The molecule has 0 bridgehead atoms. The first-order valence-corrected chi connectivity index (χ1v) is 10.1. The zero-order chi connectivity index (χ0) is 22.2. The molecule has 1 fully saturated rings. The van der Waals surface area contributed by atoms with E-state index in [0.29, 0.717) is 5.58 Å². The average molecular weight is 445 g/mol. The van der Waals surface area contributed by atoms with Gasteiger partial charge in [0, 0.05) is 10.3 Å². The largest absolute Gasteiger partial charge is 0.458 e. The summed E-state index contributed by atoms with van der Waals surface area (Å²) in [5, 5.41) is 5.83. The van der Waals surface area contributed by atoms with E-state index in [4.69, 9.17) is 4.42 Å². The highest BCUT2D eigenvalue weighted by atomic mass is 32.2. The first kappa shape index (κ1) is 20.9. The van der Waals surface area contributed by atoms with Gasteiger partial charge in [-0.05, 0) is 31.2 Å². The minimum Gasteiger partial charge on any atom is -0.458 e. The normalized spacial score (nSPS) is 18.6. The Kier molecular flexibility index (Phi) is 5.40. The van der Waals surface area contributed by atoms with E-state index in [2.05, 4.69) is 10.6 Å². The van der Waals surface area contributed by atoms with E-state index in [9.17, 15) is 23.2 Å². The fraction of sp³-hybridized carbons (Fsp3) is 0.190. The molecule has 0 aliphatic carbocycles. The molecular weight excluding hydrogens is 428 g/mol. The Hall–Kier alpha value is -3.40. The average Bonchev–Trinajstić information content (AvgIpc) is 3.25. The van der Waals surface area contributed by atoms with Crippen LogP contribution in [0.1, 0.15) is 12.7 Å². The molecule has 4 amide bonds. The SMILES string of the molecule is CC1(c2cc3ccccc3o2)NC(=O)N(CC(=O)Nc2ccccc2SC(F)F)C1=O. The molecule has 1 aromatic heterocycles. The summed E-state index contributed by atoms with van der Waals surface area (Å²) < 4.78 is 31.2. The van der Waals surface area contributed by atoms with Crippen molar-refractivity contribution in [1.29, 1.82) is 0 Å². The molecule has 1 saturated heterocycles. The number of hydrogen-bond donors (Lipinski definition) is 2. The van der Waals surface area contributed by atoms with Crippen LogP contribution in [0.2, 0.25) is 0 Å². The summed E-state index contributed by atoms with van der Waals surface area (Å²) in [4.78, 5) is 38.9. The van der Waals surface area contributed by atoms with Crippen molar-refractivity contribution in [3.8, 4) is 0 Å².